The molecule has 2 N–H and O–H groups in total. The first-order chi connectivity index (χ1) is 8.16. The Kier molecular flexibility index (Phi) is 3.54. The summed E-state index contributed by atoms with van der Waals surface area (Å²) in [4.78, 5) is 7.53. The Morgan fingerprint density at radius 1 is 1.24 bits per heavy atom. The minimum atomic E-state index is -0.174. The molecule has 0 saturated heterocycles. The third-order valence-corrected chi connectivity index (χ3v) is 2.74. The summed E-state index contributed by atoms with van der Waals surface area (Å²) in [6, 6.07) is 6.78. The van der Waals surface area contributed by atoms with E-state index in [1.807, 2.05) is 19.9 Å². The lowest BCUT2D eigenvalue weighted by Crippen LogP contribution is -2.14. The molecule has 0 amide bonds. The zero-order chi connectivity index (χ0) is 12.3. The van der Waals surface area contributed by atoms with Crippen molar-refractivity contribution in [2.75, 3.05) is 0 Å². The van der Waals surface area contributed by atoms with Gasteiger partial charge < -0.3 is 10.3 Å². The van der Waals surface area contributed by atoms with Gasteiger partial charge >= 0.3 is 0 Å². The standard InChI is InChI=1S/C13H16FN3/c1-9-10(2)17-13(16-9)8-15-7-11-5-3-4-6-12(11)14/h3-6,15H,7-8H2,1-2H3,(H,16,17). The average Bonchev–Trinajstić information content (AvgIpc) is 2.61. The van der Waals surface area contributed by atoms with Crippen molar-refractivity contribution in [2.24, 2.45) is 0 Å². The molecule has 90 valence electrons. The molecule has 2 aromatic rings. The second kappa shape index (κ2) is 5.10. The van der Waals surface area contributed by atoms with Crippen molar-refractivity contribution in [3.8, 4) is 0 Å². The SMILES string of the molecule is Cc1nc(CNCc2ccccc2F)[nH]c1C. The van der Waals surface area contributed by atoms with Gasteiger partial charge in [0.1, 0.15) is 11.6 Å². The molecule has 1 aromatic carbocycles. The van der Waals surface area contributed by atoms with E-state index in [0.29, 0.717) is 18.7 Å². The van der Waals surface area contributed by atoms with Gasteiger partial charge in [0.25, 0.3) is 0 Å². The van der Waals surface area contributed by atoms with E-state index in [9.17, 15) is 4.39 Å². The van der Waals surface area contributed by atoms with Crippen molar-refractivity contribution in [3.63, 3.8) is 0 Å². The van der Waals surface area contributed by atoms with Crippen LogP contribution in [0.4, 0.5) is 4.39 Å². The molecule has 1 heterocycles. The lowest BCUT2D eigenvalue weighted by molar-refractivity contribution is 0.583. The summed E-state index contributed by atoms with van der Waals surface area (Å²) in [5, 5.41) is 3.17. The fraction of sp³-hybridized carbons (Fsp3) is 0.308. The maximum absolute atomic E-state index is 13.3. The van der Waals surface area contributed by atoms with Crippen LogP contribution in [0.25, 0.3) is 0 Å². The molecule has 2 rings (SSSR count). The van der Waals surface area contributed by atoms with Crippen LogP contribution in [0.3, 0.4) is 0 Å². The molecule has 4 heteroatoms. The van der Waals surface area contributed by atoms with Gasteiger partial charge in [0.2, 0.25) is 0 Å². The number of imidazole rings is 1. The summed E-state index contributed by atoms with van der Waals surface area (Å²) in [6.45, 7) is 5.07. The van der Waals surface area contributed by atoms with E-state index in [1.54, 1.807) is 12.1 Å². The van der Waals surface area contributed by atoms with Gasteiger partial charge in [-0.3, -0.25) is 0 Å². The fourth-order valence-electron chi connectivity index (χ4n) is 1.66. The fourth-order valence-corrected chi connectivity index (χ4v) is 1.66. The smallest absolute Gasteiger partial charge is 0.127 e. The van der Waals surface area contributed by atoms with E-state index in [1.165, 1.54) is 6.07 Å². The molecule has 0 radical (unpaired) electrons. The Bertz CT molecular complexity index is 486. The molecule has 0 unspecified atom stereocenters. The van der Waals surface area contributed by atoms with E-state index in [2.05, 4.69) is 15.3 Å². The normalized spacial score (nSPS) is 10.8. The minimum absolute atomic E-state index is 0.174. The van der Waals surface area contributed by atoms with Crippen LogP contribution in [0.15, 0.2) is 24.3 Å². The number of nitrogens with zero attached hydrogens (tertiary/aromatic N) is 1. The van der Waals surface area contributed by atoms with Gasteiger partial charge in [-0.25, -0.2) is 9.37 Å². The van der Waals surface area contributed by atoms with Crippen molar-refractivity contribution in [1.82, 2.24) is 15.3 Å². The third kappa shape index (κ3) is 2.91. The van der Waals surface area contributed by atoms with Crippen LogP contribution < -0.4 is 5.32 Å². The monoisotopic (exact) mass is 233 g/mol. The molecule has 0 spiro atoms. The summed E-state index contributed by atoms with van der Waals surface area (Å²) in [5.74, 6) is 0.711. The maximum Gasteiger partial charge on any atom is 0.127 e. The van der Waals surface area contributed by atoms with Gasteiger partial charge in [-0.15, -0.1) is 0 Å². The van der Waals surface area contributed by atoms with E-state index in [-0.39, 0.29) is 5.82 Å². The molecule has 1 aromatic heterocycles. The second-order valence-corrected chi connectivity index (χ2v) is 4.09. The summed E-state index contributed by atoms with van der Waals surface area (Å²) in [5.41, 5.74) is 2.76. The van der Waals surface area contributed by atoms with Crippen LogP contribution in [0.2, 0.25) is 0 Å². The molecule has 0 aliphatic heterocycles. The number of nitrogens with one attached hydrogen (secondary N) is 2. The molecule has 0 aliphatic rings. The zero-order valence-corrected chi connectivity index (χ0v) is 10.0. The average molecular weight is 233 g/mol. The molecule has 0 saturated carbocycles. The highest BCUT2D eigenvalue weighted by Gasteiger charge is 2.03. The molecule has 0 fully saturated rings. The van der Waals surface area contributed by atoms with Crippen molar-refractivity contribution in [2.45, 2.75) is 26.9 Å². The van der Waals surface area contributed by atoms with E-state index < -0.39 is 0 Å². The first kappa shape index (κ1) is 11.8. The zero-order valence-electron chi connectivity index (χ0n) is 10.0. The van der Waals surface area contributed by atoms with Gasteiger partial charge in [-0.2, -0.15) is 0 Å². The number of benzene rings is 1. The van der Waals surface area contributed by atoms with E-state index in [4.69, 9.17) is 0 Å². The van der Waals surface area contributed by atoms with Crippen LogP contribution in [0.5, 0.6) is 0 Å². The number of H-pyrrole nitrogens is 1. The van der Waals surface area contributed by atoms with Crippen molar-refractivity contribution < 1.29 is 4.39 Å². The van der Waals surface area contributed by atoms with Crippen LogP contribution >= 0.6 is 0 Å². The van der Waals surface area contributed by atoms with Crippen LogP contribution in [0.1, 0.15) is 22.8 Å². The van der Waals surface area contributed by atoms with Crippen molar-refractivity contribution in [1.29, 1.82) is 0 Å². The summed E-state index contributed by atoms with van der Waals surface area (Å²) >= 11 is 0. The van der Waals surface area contributed by atoms with Crippen molar-refractivity contribution >= 4 is 0 Å². The van der Waals surface area contributed by atoms with Gasteiger partial charge in [-0.1, -0.05) is 18.2 Å². The third-order valence-electron chi connectivity index (χ3n) is 2.74. The highest BCUT2D eigenvalue weighted by atomic mass is 19.1. The predicted octanol–water partition coefficient (Wildman–Crippen LogP) is 2.46. The maximum atomic E-state index is 13.3. The Balaban J connectivity index is 1.90. The first-order valence-corrected chi connectivity index (χ1v) is 5.63. The Morgan fingerprint density at radius 3 is 2.65 bits per heavy atom. The van der Waals surface area contributed by atoms with Gasteiger partial charge in [-0.05, 0) is 19.9 Å². The van der Waals surface area contributed by atoms with Gasteiger partial charge in [0.15, 0.2) is 0 Å². The lowest BCUT2D eigenvalue weighted by Gasteiger charge is -2.03. The molecular weight excluding hydrogens is 217 g/mol. The highest BCUT2D eigenvalue weighted by Crippen LogP contribution is 2.06. The van der Waals surface area contributed by atoms with Gasteiger partial charge in [0, 0.05) is 17.8 Å². The van der Waals surface area contributed by atoms with E-state index in [0.717, 1.165) is 17.2 Å². The Labute approximate surface area is 100 Å². The van der Waals surface area contributed by atoms with Crippen LogP contribution in [-0.2, 0) is 13.1 Å². The molecule has 17 heavy (non-hydrogen) atoms. The van der Waals surface area contributed by atoms with Crippen LogP contribution in [0, 0.1) is 19.7 Å². The minimum Gasteiger partial charge on any atom is -0.345 e. The molecule has 0 atom stereocenters. The van der Waals surface area contributed by atoms with Gasteiger partial charge in [0.05, 0.1) is 12.2 Å². The number of hydrogen-bond donors (Lipinski definition) is 2. The van der Waals surface area contributed by atoms with Crippen molar-refractivity contribution in [3.05, 3.63) is 52.9 Å². The predicted molar refractivity (Wildman–Crippen MR) is 65.0 cm³/mol. The second-order valence-electron chi connectivity index (χ2n) is 4.09. The summed E-state index contributed by atoms with van der Waals surface area (Å²) in [7, 11) is 0. The number of aromatic nitrogens is 2. The number of rotatable bonds is 4. The number of halogens is 1. The largest absolute Gasteiger partial charge is 0.345 e. The lowest BCUT2D eigenvalue weighted by atomic mass is 10.2. The number of hydrogen-bond acceptors (Lipinski definition) is 2. The Hall–Kier alpha value is -1.68. The van der Waals surface area contributed by atoms with Crippen LogP contribution in [-0.4, -0.2) is 9.97 Å². The molecular formula is C13H16FN3. The van der Waals surface area contributed by atoms with E-state index >= 15 is 0 Å². The number of aromatic amines is 1. The molecule has 0 bridgehead atoms. The molecule has 3 nitrogen and oxygen atoms in total. The number of aryl methyl sites for hydroxylation is 2. The summed E-state index contributed by atoms with van der Waals surface area (Å²) < 4.78 is 13.3. The Morgan fingerprint density at radius 2 is 2.00 bits per heavy atom. The highest BCUT2D eigenvalue weighted by molar-refractivity contribution is 5.17. The topological polar surface area (TPSA) is 40.7 Å². The quantitative estimate of drug-likeness (QED) is 0.851. The first-order valence-electron chi connectivity index (χ1n) is 5.63. The molecule has 0 aliphatic carbocycles. The summed E-state index contributed by atoms with van der Waals surface area (Å²) in [6.07, 6.45) is 0.